The van der Waals surface area contributed by atoms with Crippen molar-refractivity contribution in [2.75, 3.05) is 13.2 Å². The highest BCUT2D eigenvalue weighted by molar-refractivity contribution is 5.81. The van der Waals surface area contributed by atoms with Crippen molar-refractivity contribution in [3.63, 3.8) is 0 Å². The Morgan fingerprint density at radius 2 is 2.04 bits per heavy atom. The van der Waals surface area contributed by atoms with Crippen LogP contribution in [0.15, 0.2) is 23.0 Å². The number of rotatable bonds is 4. The van der Waals surface area contributed by atoms with Crippen LogP contribution in [0, 0.1) is 17.8 Å². The maximum absolute atomic E-state index is 13.3. The molecule has 4 nitrogen and oxygen atoms in total. The number of ether oxygens (including phenoxy) is 1. The Morgan fingerprint density at radius 3 is 2.78 bits per heavy atom. The van der Waals surface area contributed by atoms with Crippen molar-refractivity contribution in [3.05, 3.63) is 39.7 Å². The van der Waals surface area contributed by atoms with Crippen molar-refractivity contribution >= 4 is 10.9 Å². The molecule has 1 saturated heterocycles. The van der Waals surface area contributed by atoms with Crippen molar-refractivity contribution in [1.82, 2.24) is 4.98 Å². The predicted molar refractivity (Wildman–Crippen MR) is 110 cm³/mol. The van der Waals surface area contributed by atoms with Gasteiger partial charge in [0.15, 0.2) is 5.43 Å². The third-order valence-electron chi connectivity index (χ3n) is 6.67. The molecule has 2 bridgehead atoms. The van der Waals surface area contributed by atoms with Crippen LogP contribution in [-0.4, -0.2) is 24.2 Å². The summed E-state index contributed by atoms with van der Waals surface area (Å²) in [4.78, 5) is 18.4. The van der Waals surface area contributed by atoms with Crippen molar-refractivity contribution in [1.29, 1.82) is 0 Å². The molecule has 1 unspecified atom stereocenters. The quantitative estimate of drug-likeness (QED) is 0.869. The highest BCUT2D eigenvalue weighted by Gasteiger charge is 2.52. The fraction of sp³-hybridized carbons (Fsp3) is 0.609. The monoisotopic (exact) mass is 369 g/mol. The van der Waals surface area contributed by atoms with E-state index >= 15 is 0 Å². The topological polar surface area (TPSA) is 46.5 Å². The van der Waals surface area contributed by atoms with E-state index in [0.717, 1.165) is 34.5 Å². The van der Waals surface area contributed by atoms with Gasteiger partial charge in [0.05, 0.1) is 24.8 Å². The largest absolute Gasteiger partial charge is 0.494 e. The van der Waals surface area contributed by atoms with Crippen LogP contribution in [0.1, 0.15) is 58.2 Å². The van der Waals surface area contributed by atoms with Crippen molar-refractivity contribution in [2.45, 2.75) is 66.5 Å². The van der Waals surface area contributed by atoms with E-state index in [-0.39, 0.29) is 5.43 Å². The second kappa shape index (κ2) is 6.37. The van der Waals surface area contributed by atoms with E-state index < -0.39 is 0 Å². The van der Waals surface area contributed by atoms with E-state index in [2.05, 4.69) is 25.8 Å². The lowest BCUT2D eigenvalue weighted by atomic mass is 9.65. The van der Waals surface area contributed by atoms with Gasteiger partial charge in [-0.2, -0.15) is 0 Å². The molecule has 2 fully saturated rings. The van der Waals surface area contributed by atoms with E-state index in [9.17, 15) is 4.79 Å². The van der Waals surface area contributed by atoms with Gasteiger partial charge in [-0.15, -0.1) is 0 Å². The number of hydrogen-bond acceptors (Lipinski definition) is 2. The summed E-state index contributed by atoms with van der Waals surface area (Å²) < 4.78 is 5.61. The van der Waals surface area contributed by atoms with Crippen molar-refractivity contribution < 1.29 is 9.64 Å². The minimum absolute atomic E-state index is 0.168. The minimum atomic E-state index is 0.168. The van der Waals surface area contributed by atoms with Crippen molar-refractivity contribution in [3.8, 4) is 5.75 Å². The standard InChI is InChI=1S/C23H32N2O2/c1-6-27-17-7-8-20-18(9-17)21(26)19(15(2)24-20)12-25-14-23(5)11-16(25)10-22(3,4)13-23/h7-9,16H,6,10-14H2,1-5H3,(H,24,26)/p+1/t16-,23-/m0/s1. The Balaban J connectivity index is 1.69. The van der Waals surface area contributed by atoms with E-state index in [1.807, 2.05) is 32.0 Å². The molecule has 1 aromatic carbocycles. The molecule has 1 aliphatic carbocycles. The lowest BCUT2D eigenvalue weighted by Crippen LogP contribution is -3.12. The first-order chi connectivity index (χ1) is 12.7. The van der Waals surface area contributed by atoms with Gasteiger partial charge in [-0.3, -0.25) is 4.79 Å². The van der Waals surface area contributed by atoms with Gasteiger partial charge >= 0.3 is 0 Å². The number of pyridine rings is 1. The first-order valence-corrected chi connectivity index (χ1v) is 10.3. The molecule has 2 aromatic rings. The maximum Gasteiger partial charge on any atom is 0.198 e. The fourth-order valence-corrected chi connectivity index (χ4v) is 6.08. The lowest BCUT2D eigenvalue weighted by Gasteiger charge is -2.37. The third kappa shape index (κ3) is 3.40. The lowest BCUT2D eigenvalue weighted by molar-refractivity contribution is -0.928. The molecule has 4 rings (SSSR count). The van der Waals surface area contributed by atoms with E-state index in [1.54, 1.807) is 4.90 Å². The number of nitrogens with one attached hydrogen (secondary N) is 2. The van der Waals surface area contributed by atoms with Crippen LogP contribution in [-0.2, 0) is 6.54 Å². The molecule has 3 atom stereocenters. The van der Waals surface area contributed by atoms with Gasteiger partial charge in [-0.25, -0.2) is 0 Å². The molecular weight excluding hydrogens is 336 g/mol. The molecular formula is C23H33N2O2+. The Hall–Kier alpha value is -1.81. The molecule has 1 aliphatic heterocycles. The molecule has 1 saturated carbocycles. The highest BCUT2D eigenvalue weighted by atomic mass is 16.5. The number of aryl methyl sites for hydroxylation is 1. The number of benzene rings is 1. The first-order valence-electron chi connectivity index (χ1n) is 10.3. The third-order valence-corrected chi connectivity index (χ3v) is 6.67. The van der Waals surface area contributed by atoms with Gasteiger partial charge in [0.25, 0.3) is 0 Å². The molecule has 146 valence electrons. The summed E-state index contributed by atoms with van der Waals surface area (Å²) in [7, 11) is 0. The summed E-state index contributed by atoms with van der Waals surface area (Å²) >= 11 is 0. The number of hydrogen-bond donors (Lipinski definition) is 2. The second-order valence-corrected chi connectivity index (χ2v) is 9.97. The maximum atomic E-state index is 13.3. The van der Waals surface area contributed by atoms with Crippen LogP contribution in [0.4, 0.5) is 0 Å². The molecule has 1 aromatic heterocycles. The molecule has 0 spiro atoms. The Morgan fingerprint density at radius 1 is 1.26 bits per heavy atom. The van der Waals surface area contributed by atoms with E-state index in [4.69, 9.17) is 4.74 Å². The summed E-state index contributed by atoms with van der Waals surface area (Å²) in [6.07, 6.45) is 3.85. The average Bonchev–Trinajstić information content (AvgIpc) is 2.80. The molecule has 27 heavy (non-hydrogen) atoms. The molecule has 4 heteroatoms. The van der Waals surface area contributed by atoms with Crippen LogP contribution < -0.4 is 15.1 Å². The zero-order valence-electron chi connectivity index (χ0n) is 17.4. The van der Waals surface area contributed by atoms with Crippen LogP contribution in [0.5, 0.6) is 5.75 Å². The Labute approximate surface area is 161 Å². The molecule has 2 N–H and O–H groups in total. The van der Waals surface area contributed by atoms with Gasteiger partial charge in [-0.1, -0.05) is 20.8 Å². The van der Waals surface area contributed by atoms with Gasteiger partial charge < -0.3 is 14.6 Å². The number of quaternary nitrogens is 1. The fourth-order valence-electron chi connectivity index (χ4n) is 6.08. The second-order valence-electron chi connectivity index (χ2n) is 9.97. The van der Waals surface area contributed by atoms with E-state index in [1.165, 1.54) is 25.8 Å². The van der Waals surface area contributed by atoms with Gasteiger partial charge in [0.2, 0.25) is 0 Å². The van der Waals surface area contributed by atoms with Crippen molar-refractivity contribution in [2.24, 2.45) is 10.8 Å². The number of aromatic amines is 1. The Kier molecular flexibility index (Phi) is 4.38. The molecule has 0 amide bonds. The molecule has 2 heterocycles. The van der Waals surface area contributed by atoms with Gasteiger partial charge in [0, 0.05) is 34.9 Å². The van der Waals surface area contributed by atoms with Gasteiger partial charge in [-0.05, 0) is 43.9 Å². The predicted octanol–water partition coefficient (Wildman–Crippen LogP) is 3.22. The summed E-state index contributed by atoms with van der Waals surface area (Å²) in [5, 5.41) is 0.745. The SMILES string of the molecule is CCOc1ccc2[nH]c(C)c(C[NH+]3C[C@@]4(C)C[C@@H]3CC(C)(C)C4)c(=O)c2c1. The summed E-state index contributed by atoms with van der Waals surface area (Å²) in [5.41, 5.74) is 3.85. The number of likely N-dealkylation sites (tertiary alicyclic amines) is 1. The number of aromatic nitrogens is 1. The Bertz CT molecular complexity index is 930. The molecule has 2 aliphatic rings. The van der Waals surface area contributed by atoms with Crippen LogP contribution >= 0.6 is 0 Å². The van der Waals surface area contributed by atoms with Crippen LogP contribution in [0.3, 0.4) is 0 Å². The zero-order valence-corrected chi connectivity index (χ0v) is 17.4. The minimum Gasteiger partial charge on any atom is -0.494 e. The molecule has 0 radical (unpaired) electrons. The normalized spacial score (nSPS) is 29.2. The summed E-state index contributed by atoms with van der Waals surface area (Å²) in [6.45, 7) is 13.9. The first kappa shape index (κ1) is 18.5. The summed E-state index contributed by atoms with van der Waals surface area (Å²) in [6, 6.07) is 6.45. The average molecular weight is 370 g/mol. The van der Waals surface area contributed by atoms with E-state index in [0.29, 0.717) is 23.5 Å². The smallest absolute Gasteiger partial charge is 0.198 e. The van der Waals surface area contributed by atoms with Crippen LogP contribution in [0.2, 0.25) is 0 Å². The summed E-state index contributed by atoms with van der Waals surface area (Å²) in [5.74, 6) is 0.768. The highest BCUT2D eigenvalue weighted by Crippen LogP contribution is 2.47. The zero-order chi connectivity index (χ0) is 19.4. The number of H-pyrrole nitrogens is 1. The van der Waals surface area contributed by atoms with Gasteiger partial charge in [0.1, 0.15) is 12.3 Å². The number of fused-ring (bicyclic) bond motifs is 3. The van der Waals surface area contributed by atoms with Crippen LogP contribution in [0.25, 0.3) is 10.9 Å².